The molecule has 364 valence electrons. The minimum absolute atomic E-state index is 0.00270. The Kier molecular flexibility index (Phi) is 13.8. The van der Waals surface area contributed by atoms with Crippen molar-refractivity contribution in [2.75, 3.05) is 0 Å². The first-order chi connectivity index (χ1) is 32.5. The van der Waals surface area contributed by atoms with Gasteiger partial charge in [0.05, 0.1) is 20.1 Å². The van der Waals surface area contributed by atoms with E-state index < -0.39 is 69.1 Å². The second kappa shape index (κ2) is 19.1. The summed E-state index contributed by atoms with van der Waals surface area (Å²) in [5, 5.41) is 80.7. The van der Waals surface area contributed by atoms with Gasteiger partial charge in [-0.15, -0.1) is 0 Å². The second-order valence-electron chi connectivity index (χ2n) is 20.0. The smallest absolute Gasteiger partial charge is 0.339 e. The fraction of sp³-hybridized carbons (Fsp3) is 0.396. The van der Waals surface area contributed by atoms with E-state index in [0.29, 0.717) is 69.9 Å². The van der Waals surface area contributed by atoms with Crippen LogP contribution in [0.2, 0.25) is 20.1 Å². The summed E-state index contributed by atoms with van der Waals surface area (Å²) in [5.74, 6) is -5.41. The Morgan fingerprint density at radius 3 is 1.29 bits per heavy atom. The van der Waals surface area contributed by atoms with E-state index in [1.807, 2.05) is 12.2 Å². The van der Waals surface area contributed by atoms with Gasteiger partial charge < -0.3 is 40.9 Å². The fourth-order valence-corrected chi connectivity index (χ4v) is 14.0. The van der Waals surface area contributed by atoms with Crippen LogP contribution in [-0.2, 0) is 0 Å². The van der Waals surface area contributed by atoms with E-state index in [-0.39, 0.29) is 42.8 Å². The summed E-state index contributed by atoms with van der Waals surface area (Å²) in [7, 11) is 0. The summed E-state index contributed by atoms with van der Waals surface area (Å²) in [6.45, 7) is 4.87. The highest BCUT2D eigenvalue weighted by Crippen LogP contribution is 2.68. The SMILES string of the molecule is CC12CCC3C(CCC4CC(CC=C(c5cc(Cl)c(O)c(C(=O)O)c5)c5cc(Cl)c(O)c(C(=O)O)c5)CCC43C)C1CCC2CC=C(c1cc(Cl)c(O)c(C(=O)O)c1)c1cc(Cl)c(O)c(C(=O)O)c1. The lowest BCUT2D eigenvalue weighted by molar-refractivity contribution is -0.117. The molecule has 8 unspecified atom stereocenters. The van der Waals surface area contributed by atoms with E-state index in [2.05, 4.69) is 13.8 Å². The number of phenols is 4. The van der Waals surface area contributed by atoms with Gasteiger partial charge in [0.15, 0.2) is 0 Å². The van der Waals surface area contributed by atoms with Crippen molar-refractivity contribution >= 4 is 81.4 Å². The van der Waals surface area contributed by atoms with E-state index in [1.54, 1.807) is 0 Å². The average Bonchev–Trinajstić information content (AvgIpc) is 3.63. The number of hydrogen-bond acceptors (Lipinski definition) is 8. The molecular formula is C53H52Cl4O12. The molecule has 0 spiro atoms. The Hall–Kier alpha value is -5.40. The molecule has 4 fully saturated rings. The summed E-state index contributed by atoms with van der Waals surface area (Å²) in [6, 6.07) is 10.9. The van der Waals surface area contributed by atoms with Gasteiger partial charge >= 0.3 is 23.9 Å². The van der Waals surface area contributed by atoms with E-state index in [4.69, 9.17) is 46.4 Å². The van der Waals surface area contributed by atoms with Gasteiger partial charge in [0.25, 0.3) is 0 Å². The van der Waals surface area contributed by atoms with Crippen LogP contribution in [0.25, 0.3) is 11.1 Å². The highest BCUT2D eigenvalue weighted by atomic mass is 35.5. The third kappa shape index (κ3) is 9.14. The molecule has 0 amide bonds. The fourth-order valence-electron chi connectivity index (χ4n) is 13.1. The van der Waals surface area contributed by atoms with Gasteiger partial charge in [-0.05, 0) is 199 Å². The highest BCUT2D eigenvalue weighted by Gasteiger charge is 2.60. The summed E-state index contributed by atoms with van der Waals surface area (Å²) in [4.78, 5) is 48.5. The van der Waals surface area contributed by atoms with Crippen LogP contribution in [0, 0.1) is 46.3 Å². The van der Waals surface area contributed by atoms with Crippen molar-refractivity contribution in [1.82, 2.24) is 0 Å². The van der Waals surface area contributed by atoms with Crippen LogP contribution in [0.1, 0.15) is 148 Å². The third-order valence-corrected chi connectivity index (χ3v) is 17.8. The average molecular weight is 1020 g/mol. The van der Waals surface area contributed by atoms with E-state index in [9.17, 15) is 60.0 Å². The number of fused-ring (bicyclic) bond motifs is 5. The lowest BCUT2D eigenvalue weighted by atomic mass is 9.44. The molecule has 4 saturated carbocycles. The van der Waals surface area contributed by atoms with Crippen LogP contribution < -0.4 is 0 Å². The van der Waals surface area contributed by atoms with Crippen molar-refractivity contribution in [2.24, 2.45) is 46.3 Å². The third-order valence-electron chi connectivity index (χ3n) is 16.7. The molecule has 0 saturated heterocycles. The first-order valence-corrected chi connectivity index (χ1v) is 24.5. The highest BCUT2D eigenvalue weighted by molar-refractivity contribution is 6.34. The van der Waals surface area contributed by atoms with Crippen LogP contribution >= 0.6 is 46.4 Å². The predicted octanol–water partition coefficient (Wildman–Crippen LogP) is 13.5. The largest absolute Gasteiger partial charge is 0.505 e. The number of rotatable bonds is 12. The molecule has 4 aromatic rings. The number of carboxylic acids is 4. The molecule has 8 atom stereocenters. The van der Waals surface area contributed by atoms with Gasteiger partial charge in [-0.2, -0.15) is 0 Å². The number of benzene rings is 4. The van der Waals surface area contributed by atoms with Crippen molar-refractivity contribution in [2.45, 2.75) is 84.5 Å². The molecule has 69 heavy (non-hydrogen) atoms. The van der Waals surface area contributed by atoms with E-state index in [1.165, 1.54) is 48.5 Å². The van der Waals surface area contributed by atoms with Crippen molar-refractivity contribution in [3.05, 3.63) is 125 Å². The van der Waals surface area contributed by atoms with E-state index >= 15 is 0 Å². The topological polar surface area (TPSA) is 230 Å². The molecule has 0 radical (unpaired) electrons. The molecule has 0 bridgehead atoms. The Labute approximate surface area is 418 Å². The molecule has 4 aromatic carbocycles. The van der Waals surface area contributed by atoms with Crippen molar-refractivity contribution in [1.29, 1.82) is 0 Å². The zero-order valence-electron chi connectivity index (χ0n) is 37.7. The maximum Gasteiger partial charge on any atom is 0.339 e. The Morgan fingerprint density at radius 2 is 0.884 bits per heavy atom. The molecule has 8 rings (SSSR count). The van der Waals surface area contributed by atoms with Gasteiger partial charge in [0, 0.05) is 0 Å². The predicted molar refractivity (Wildman–Crippen MR) is 262 cm³/mol. The molecule has 0 heterocycles. The number of carboxylic acid groups (broad SMARTS) is 4. The Balaban J connectivity index is 1.04. The number of hydrogen-bond donors (Lipinski definition) is 8. The van der Waals surface area contributed by atoms with Crippen LogP contribution in [0.5, 0.6) is 23.0 Å². The van der Waals surface area contributed by atoms with Crippen LogP contribution in [0.4, 0.5) is 0 Å². The van der Waals surface area contributed by atoms with Crippen LogP contribution in [-0.4, -0.2) is 64.7 Å². The minimum Gasteiger partial charge on any atom is -0.505 e. The van der Waals surface area contributed by atoms with Crippen molar-refractivity contribution < 1.29 is 60.0 Å². The van der Waals surface area contributed by atoms with Gasteiger partial charge in [0.1, 0.15) is 45.3 Å². The molecule has 4 aliphatic carbocycles. The summed E-state index contributed by atoms with van der Waals surface area (Å²) >= 11 is 25.4. The lowest BCUT2D eigenvalue weighted by Crippen LogP contribution is -2.53. The second-order valence-corrected chi connectivity index (χ2v) is 21.6. The maximum absolute atomic E-state index is 12.2. The van der Waals surface area contributed by atoms with Gasteiger partial charge in [0.2, 0.25) is 0 Å². The molecule has 8 N–H and O–H groups in total. The minimum atomic E-state index is -1.39. The molecule has 16 heteroatoms. The quantitative estimate of drug-likeness (QED) is 0.0663. The van der Waals surface area contributed by atoms with Crippen LogP contribution in [0.3, 0.4) is 0 Å². The molecule has 4 aliphatic rings. The number of aromatic carboxylic acids is 4. The number of halogens is 4. The monoisotopic (exact) mass is 1020 g/mol. The molecule has 0 aromatic heterocycles. The maximum atomic E-state index is 12.2. The summed E-state index contributed by atoms with van der Waals surface area (Å²) < 4.78 is 0. The first-order valence-electron chi connectivity index (χ1n) is 23.0. The number of allylic oxidation sites excluding steroid dienone is 2. The molecular weight excluding hydrogens is 970 g/mol. The molecule has 0 aliphatic heterocycles. The summed E-state index contributed by atoms with van der Waals surface area (Å²) in [5.41, 5.74) is 0.778. The molecule has 12 nitrogen and oxygen atoms in total. The zero-order valence-corrected chi connectivity index (χ0v) is 40.8. The van der Waals surface area contributed by atoms with Gasteiger partial charge in [-0.25, -0.2) is 19.2 Å². The number of aromatic hydroxyl groups is 4. The first kappa shape index (κ1) is 50.0. The van der Waals surface area contributed by atoms with Gasteiger partial charge in [-0.3, -0.25) is 0 Å². The summed E-state index contributed by atoms with van der Waals surface area (Å²) in [6.07, 6.45) is 14.3. The lowest BCUT2D eigenvalue weighted by Gasteiger charge is -2.61. The zero-order chi connectivity index (χ0) is 50.0. The van der Waals surface area contributed by atoms with Crippen LogP contribution in [0.15, 0.2) is 60.7 Å². The van der Waals surface area contributed by atoms with Crippen molar-refractivity contribution in [3.63, 3.8) is 0 Å². The normalized spacial score (nSPS) is 25.9. The standard InChI is InChI=1S/C53H52Cl4O12/c1-52-14-12-39-33(38(52)10-6-29(52)4-8-32(27-18-36(50(66)67)46(60)42(56)22-27)28-19-37(51(68)69)47(61)43(57)23-28)9-5-30-15-24(11-13-53(30,39)2)3-7-31(25-16-34(48(62)63)44(58)40(54)20-25)26-17-35(49(64)65)45(59)41(55)21-26/h7-8,16-24,29-30,33,38-39,58-61H,3-6,9-15H2,1-2H3,(H,62,63)(H,64,65)(H,66,67)(H,68,69). The number of carbonyl (C=O) groups is 4. The van der Waals surface area contributed by atoms with Crippen molar-refractivity contribution in [3.8, 4) is 23.0 Å². The Morgan fingerprint density at radius 1 is 0.507 bits per heavy atom. The Bertz CT molecular complexity index is 2730. The van der Waals surface area contributed by atoms with Gasteiger partial charge in [-0.1, -0.05) is 72.4 Å². The van der Waals surface area contributed by atoms with E-state index in [0.717, 1.165) is 57.8 Å².